The number of carbonyl (C=O) groups excluding carboxylic acids is 1. The summed E-state index contributed by atoms with van der Waals surface area (Å²) in [4.78, 5) is 27.0. The summed E-state index contributed by atoms with van der Waals surface area (Å²) in [7, 11) is -2.74. The molecule has 2 aliphatic heterocycles. The molecule has 0 bridgehead atoms. The lowest BCUT2D eigenvalue weighted by atomic mass is 9.87. The minimum atomic E-state index is -2.74. The lowest BCUT2D eigenvalue weighted by Crippen LogP contribution is -2.57. The zero-order valence-electron chi connectivity index (χ0n) is 19.7. The van der Waals surface area contributed by atoms with Gasteiger partial charge in [0.1, 0.15) is 11.9 Å². The highest BCUT2D eigenvalue weighted by atomic mass is 32.2. The maximum Gasteiger partial charge on any atom is 0.404 e. The Balaban J connectivity index is 1.64. The molecule has 2 aromatic rings. The molecule has 1 saturated heterocycles. The van der Waals surface area contributed by atoms with Crippen molar-refractivity contribution < 1.29 is 28.0 Å². The van der Waals surface area contributed by atoms with Crippen LogP contribution in [0, 0.1) is 5.82 Å². The van der Waals surface area contributed by atoms with Crippen LogP contribution in [0.15, 0.2) is 52.9 Å². The van der Waals surface area contributed by atoms with E-state index in [0.717, 1.165) is 16.7 Å². The minimum Gasteiger partial charge on any atom is -0.465 e. The van der Waals surface area contributed by atoms with Crippen LogP contribution in [0.5, 0.6) is 0 Å². The van der Waals surface area contributed by atoms with Gasteiger partial charge in [0, 0.05) is 25.8 Å². The zero-order chi connectivity index (χ0) is 25.2. The van der Waals surface area contributed by atoms with Gasteiger partial charge in [-0.1, -0.05) is 36.4 Å². The van der Waals surface area contributed by atoms with E-state index in [2.05, 4.69) is 9.68 Å². The molecule has 2 aromatic carbocycles. The van der Waals surface area contributed by atoms with E-state index in [9.17, 15) is 23.3 Å². The van der Waals surface area contributed by atoms with Crippen molar-refractivity contribution in [2.24, 2.45) is 4.36 Å². The van der Waals surface area contributed by atoms with Crippen LogP contribution in [0.1, 0.15) is 36.1 Å². The highest BCUT2D eigenvalue weighted by molar-refractivity contribution is 7.93. The van der Waals surface area contributed by atoms with E-state index in [0.29, 0.717) is 19.5 Å². The van der Waals surface area contributed by atoms with E-state index < -0.39 is 39.3 Å². The molecule has 2 aliphatic rings. The van der Waals surface area contributed by atoms with Gasteiger partial charge in [-0.05, 0) is 42.2 Å². The number of nitrogens with zero attached hydrogens (tertiary/aromatic N) is 2. The first-order valence-electron chi connectivity index (χ1n) is 11.6. The number of ether oxygens (including phenoxy) is 1. The lowest BCUT2D eigenvalue weighted by molar-refractivity contribution is -0.149. The SMILES string of the molecule is CCN=S(C)(=O)[C@H]1CO[C@@H](C(=O)N2CCc3ccccc3[C@@H]2c2ccc(F)cc2)C[C@@H]1NC(=O)O. The Kier molecular flexibility index (Phi) is 7.42. The van der Waals surface area contributed by atoms with Crippen LogP contribution >= 0.6 is 0 Å². The van der Waals surface area contributed by atoms with Crippen LogP contribution in [0.4, 0.5) is 9.18 Å². The number of fused-ring (bicyclic) bond motifs is 1. The molecular formula is C25H30FN3O5S. The van der Waals surface area contributed by atoms with Gasteiger partial charge in [-0.2, -0.15) is 0 Å². The molecule has 2 N–H and O–H groups in total. The van der Waals surface area contributed by atoms with Crippen molar-refractivity contribution in [3.8, 4) is 0 Å². The Hall–Kier alpha value is -2.98. The van der Waals surface area contributed by atoms with Gasteiger partial charge in [0.2, 0.25) is 0 Å². The monoisotopic (exact) mass is 503 g/mol. The topological polar surface area (TPSA) is 108 Å². The summed E-state index contributed by atoms with van der Waals surface area (Å²) in [5.41, 5.74) is 2.86. The van der Waals surface area contributed by atoms with Crippen molar-refractivity contribution in [1.82, 2.24) is 10.2 Å². The van der Waals surface area contributed by atoms with Gasteiger partial charge >= 0.3 is 6.09 Å². The number of benzene rings is 2. The van der Waals surface area contributed by atoms with E-state index in [4.69, 9.17) is 4.74 Å². The first-order valence-corrected chi connectivity index (χ1v) is 13.6. The summed E-state index contributed by atoms with van der Waals surface area (Å²) < 4.78 is 36.8. The fraction of sp³-hybridized carbons (Fsp3) is 0.440. The Bertz CT molecular complexity index is 1210. The predicted octanol–water partition coefficient (Wildman–Crippen LogP) is 3.21. The van der Waals surface area contributed by atoms with Crippen LogP contribution in [0.2, 0.25) is 0 Å². The molecule has 5 atom stereocenters. The molecule has 1 unspecified atom stereocenters. The third kappa shape index (κ3) is 5.33. The van der Waals surface area contributed by atoms with Crippen molar-refractivity contribution in [3.63, 3.8) is 0 Å². The van der Waals surface area contributed by atoms with E-state index >= 15 is 0 Å². The van der Waals surface area contributed by atoms with Gasteiger partial charge in [-0.25, -0.2) is 17.8 Å². The van der Waals surface area contributed by atoms with Crippen LogP contribution in [-0.2, 0) is 25.7 Å². The molecule has 35 heavy (non-hydrogen) atoms. The van der Waals surface area contributed by atoms with Crippen LogP contribution < -0.4 is 5.32 Å². The van der Waals surface area contributed by atoms with Gasteiger partial charge < -0.3 is 20.1 Å². The number of rotatable bonds is 5. The van der Waals surface area contributed by atoms with Crippen molar-refractivity contribution in [2.75, 3.05) is 26.0 Å². The molecule has 0 aliphatic carbocycles. The van der Waals surface area contributed by atoms with E-state index in [1.807, 2.05) is 24.3 Å². The number of amides is 2. The van der Waals surface area contributed by atoms with E-state index in [1.54, 1.807) is 24.0 Å². The maximum atomic E-state index is 13.8. The Morgan fingerprint density at radius 3 is 2.63 bits per heavy atom. The number of nitrogens with one attached hydrogen (secondary N) is 1. The predicted molar refractivity (Wildman–Crippen MR) is 130 cm³/mol. The molecule has 2 amide bonds. The fourth-order valence-corrected chi connectivity index (χ4v) is 6.86. The Labute approximate surface area is 204 Å². The quantitative estimate of drug-likeness (QED) is 0.652. The first kappa shape index (κ1) is 25.1. The molecule has 10 heteroatoms. The molecule has 8 nitrogen and oxygen atoms in total. The third-order valence-corrected chi connectivity index (χ3v) is 9.02. The average molecular weight is 504 g/mol. The van der Waals surface area contributed by atoms with Crippen molar-refractivity contribution in [3.05, 3.63) is 71.0 Å². The molecule has 2 heterocycles. The van der Waals surface area contributed by atoms with Crippen LogP contribution in [0.25, 0.3) is 0 Å². The van der Waals surface area contributed by atoms with Gasteiger partial charge in [0.15, 0.2) is 0 Å². The van der Waals surface area contributed by atoms with Crippen molar-refractivity contribution >= 4 is 21.7 Å². The smallest absolute Gasteiger partial charge is 0.404 e. The van der Waals surface area contributed by atoms with Gasteiger partial charge in [0.25, 0.3) is 5.91 Å². The number of carbonyl (C=O) groups is 2. The summed E-state index contributed by atoms with van der Waals surface area (Å²) in [6.07, 6.45) is 0.0388. The minimum absolute atomic E-state index is 0.0498. The van der Waals surface area contributed by atoms with Gasteiger partial charge in [-0.15, -0.1) is 0 Å². The second-order valence-electron chi connectivity index (χ2n) is 8.89. The average Bonchev–Trinajstić information content (AvgIpc) is 2.83. The van der Waals surface area contributed by atoms with Crippen molar-refractivity contribution in [2.45, 2.75) is 43.2 Å². The highest BCUT2D eigenvalue weighted by Crippen LogP contribution is 2.36. The number of hydrogen-bond donors (Lipinski definition) is 2. The van der Waals surface area contributed by atoms with Crippen LogP contribution in [-0.4, -0.2) is 69.6 Å². The number of hydrogen-bond acceptors (Lipinski definition) is 5. The van der Waals surface area contributed by atoms with Gasteiger partial charge in [-0.3, -0.25) is 4.79 Å². The summed E-state index contributed by atoms with van der Waals surface area (Å²) in [5.74, 6) is -0.639. The normalized spacial score (nSPS) is 25.7. The summed E-state index contributed by atoms with van der Waals surface area (Å²) in [6, 6.07) is 12.8. The largest absolute Gasteiger partial charge is 0.465 e. The maximum absolute atomic E-state index is 13.8. The third-order valence-electron chi connectivity index (χ3n) is 6.66. The highest BCUT2D eigenvalue weighted by Gasteiger charge is 2.43. The molecule has 188 valence electrons. The molecular weight excluding hydrogens is 473 g/mol. The second-order valence-corrected chi connectivity index (χ2v) is 11.5. The lowest BCUT2D eigenvalue weighted by Gasteiger charge is -2.42. The molecule has 0 aromatic heterocycles. The summed E-state index contributed by atoms with van der Waals surface area (Å²) >= 11 is 0. The van der Waals surface area contributed by atoms with E-state index in [1.165, 1.54) is 18.4 Å². The number of carboxylic acid groups (broad SMARTS) is 1. The molecule has 0 spiro atoms. The molecule has 0 radical (unpaired) electrons. The standard InChI is InChI=1S/C25H30FN3O5S/c1-3-27-35(2,33)22-15-34-21(14-20(22)28-25(31)32)24(30)29-13-12-16-6-4-5-7-19(16)23(29)17-8-10-18(26)11-9-17/h4-11,20-23,28H,3,12-15H2,1-2H3,(H,31,32)/t20-,21+,22-,23-,35?/m0/s1. The first-order chi connectivity index (χ1) is 16.7. The molecule has 4 rings (SSSR count). The summed E-state index contributed by atoms with van der Waals surface area (Å²) in [5, 5.41) is 11.1. The Morgan fingerprint density at radius 1 is 1.23 bits per heavy atom. The van der Waals surface area contributed by atoms with Crippen molar-refractivity contribution in [1.29, 1.82) is 0 Å². The second kappa shape index (κ2) is 10.3. The van der Waals surface area contributed by atoms with Crippen LogP contribution in [0.3, 0.4) is 0 Å². The summed E-state index contributed by atoms with van der Waals surface area (Å²) in [6.45, 7) is 2.49. The molecule has 0 saturated carbocycles. The fourth-order valence-electron chi connectivity index (χ4n) is 5.04. The number of halogens is 1. The molecule has 1 fully saturated rings. The zero-order valence-corrected chi connectivity index (χ0v) is 20.5. The van der Waals surface area contributed by atoms with E-state index in [-0.39, 0.29) is 24.8 Å². The Morgan fingerprint density at radius 2 is 1.94 bits per heavy atom. The van der Waals surface area contributed by atoms with Gasteiger partial charge in [0.05, 0.1) is 33.7 Å².